The van der Waals surface area contributed by atoms with Crippen molar-refractivity contribution in [1.29, 1.82) is 0 Å². The van der Waals surface area contributed by atoms with E-state index in [0.717, 1.165) is 0 Å². The molecule has 0 spiro atoms. The van der Waals surface area contributed by atoms with Crippen LogP contribution in [0.2, 0.25) is 0 Å². The van der Waals surface area contributed by atoms with Crippen molar-refractivity contribution in [3.8, 4) is 0 Å². The average Bonchev–Trinajstić information content (AvgIpc) is 1.83. The molecule has 0 heterocycles. The van der Waals surface area contributed by atoms with E-state index < -0.39 is 12.1 Å². The molecule has 0 fully saturated rings. The Morgan fingerprint density at radius 3 is 2.08 bits per heavy atom. The second-order valence-electron chi connectivity index (χ2n) is 3.64. The quantitative estimate of drug-likeness (QED) is 0.692. The molecule has 12 heavy (non-hydrogen) atoms. The first-order valence-corrected chi connectivity index (χ1v) is 4.31. The topological polar surface area (TPSA) is 46.5 Å². The first-order valence-electron chi connectivity index (χ1n) is 4.31. The first kappa shape index (κ1) is 11.4. The smallest absolute Gasteiger partial charge is 0.332 e. The van der Waals surface area contributed by atoms with Crippen molar-refractivity contribution in [3.63, 3.8) is 0 Å². The van der Waals surface area contributed by atoms with Crippen LogP contribution in [-0.2, 0) is 9.53 Å². The van der Waals surface area contributed by atoms with E-state index in [4.69, 9.17) is 9.84 Å². The van der Waals surface area contributed by atoms with E-state index in [2.05, 4.69) is 0 Å². The molecule has 1 unspecified atom stereocenters. The van der Waals surface area contributed by atoms with Gasteiger partial charge >= 0.3 is 5.97 Å². The molecule has 0 bridgehead atoms. The summed E-state index contributed by atoms with van der Waals surface area (Å²) in [6.45, 7) is 7.66. The summed E-state index contributed by atoms with van der Waals surface area (Å²) in [4.78, 5) is 10.6. The largest absolute Gasteiger partial charge is 0.479 e. The minimum Gasteiger partial charge on any atom is -0.479 e. The molecular weight excluding hydrogens is 156 g/mol. The normalized spacial score (nSPS) is 13.8. The fourth-order valence-electron chi connectivity index (χ4n) is 0.971. The predicted octanol–water partition coefficient (Wildman–Crippen LogP) is 1.91. The van der Waals surface area contributed by atoms with Crippen LogP contribution in [0.3, 0.4) is 0 Å². The second-order valence-corrected chi connectivity index (χ2v) is 3.64. The Balaban J connectivity index is 3.96. The van der Waals surface area contributed by atoms with Crippen LogP contribution in [0.5, 0.6) is 0 Å². The number of ether oxygens (including phenoxy) is 1. The summed E-state index contributed by atoms with van der Waals surface area (Å²) in [6.07, 6.45) is -0.0945. The van der Waals surface area contributed by atoms with Crippen LogP contribution in [0, 0.1) is 5.92 Å². The standard InChI is InChI=1S/C9H18O3/c1-6(2)5-8(9(10)11)12-7(3)4/h6-8H,5H2,1-4H3,(H,10,11). The third-order valence-corrected chi connectivity index (χ3v) is 1.40. The van der Waals surface area contributed by atoms with Gasteiger partial charge in [0.15, 0.2) is 6.10 Å². The third kappa shape index (κ3) is 5.13. The van der Waals surface area contributed by atoms with Crippen molar-refractivity contribution in [1.82, 2.24) is 0 Å². The van der Waals surface area contributed by atoms with E-state index in [1.54, 1.807) is 0 Å². The van der Waals surface area contributed by atoms with Crippen LogP contribution in [0.1, 0.15) is 34.1 Å². The van der Waals surface area contributed by atoms with Crippen LogP contribution in [0.25, 0.3) is 0 Å². The van der Waals surface area contributed by atoms with E-state index in [1.807, 2.05) is 27.7 Å². The van der Waals surface area contributed by atoms with E-state index in [1.165, 1.54) is 0 Å². The molecular formula is C9H18O3. The Hall–Kier alpha value is -0.570. The van der Waals surface area contributed by atoms with E-state index >= 15 is 0 Å². The summed E-state index contributed by atoms with van der Waals surface area (Å²) in [6, 6.07) is 0. The molecule has 0 rings (SSSR count). The molecule has 0 amide bonds. The first-order chi connectivity index (χ1) is 5.43. The van der Waals surface area contributed by atoms with Crippen LogP contribution in [-0.4, -0.2) is 23.3 Å². The molecule has 0 saturated carbocycles. The highest BCUT2D eigenvalue weighted by molar-refractivity contribution is 5.72. The van der Waals surface area contributed by atoms with Gasteiger partial charge in [-0.2, -0.15) is 0 Å². The zero-order valence-corrected chi connectivity index (χ0v) is 8.20. The van der Waals surface area contributed by atoms with Gasteiger partial charge in [0.2, 0.25) is 0 Å². The van der Waals surface area contributed by atoms with Crippen molar-refractivity contribution >= 4 is 5.97 Å². The molecule has 3 heteroatoms. The zero-order chi connectivity index (χ0) is 9.72. The van der Waals surface area contributed by atoms with Crippen molar-refractivity contribution < 1.29 is 14.6 Å². The lowest BCUT2D eigenvalue weighted by molar-refractivity contribution is -0.154. The maximum Gasteiger partial charge on any atom is 0.332 e. The average molecular weight is 174 g/mol. The van der Waals surface area contributed by atoms with Gasteiger partial charge in [-0.25, -0.2) is 4.79 Å². The molecule has 0 radical (unpaired) electrons. The van der Waals surface area contributed by atoms with E-state index in [9.17, 15) is 4.79 Å². The van der Waals surface area contributed by atoms with Gasteiger partial charge in [-0.15, -0.1) is 0 Å². The molecule has 0 aliphatic carbocycles. The second kappa shape index (κ2) is 5.14. The molecule has 0 aromatic heterocycles. The minimum absolute atomic E-state index is 0.0233. The Kier molecular flexibility index (Phi) is 4.90. The maximum atomic E-state index is 10.6. The number of aliphatic carboxylic acids is 1. The van der Waals surface area contributed by atoms with E-state index in [0.29, 0.717) is 12.3 Å². The van der Waals surface area contributed by atoms with Gasteiger partial charge < -0.3 is 9.84 Å². The summed E-state index contributed by atoms with van der Waals surface area (Å²) in [7, 11) is 0. The highest BCUT2D eigenvalue weighted by Gasteiger charge is 2.20. The fourth-order valence-corrected chi connectivity index (χ4v) is 0.971. The number of hydrogen-bond donors (Lipinski definition) is 1. The summed E-state index contributed by atoms with van der Waals surface area (Å²) < 4.78 is 5.22. The molecule has 0 aromatic rings. The summed E-state index contributed by atoms with van der Waals surface area (Å²) in [5.41, 5.74) is 0. The van der Waals surface area contributed by atoms with Gasteiger partial charge in [0.25, 0.3) is 0 Å². The van der Waals surface area contributed by atoms with Crippen LogP contribution >= 0.6 is 0 Å². The number of carbonyl (C=O) groups is 1. The van der Waals surface area contributed by atoms with Crippen molar-refractivity contribution in [2.75, 3.05) is 0 Å². The molecule has 0 aromatic carbocycles. The van der Waals surface area contributed by atoms with E-state index in [-0.39, 0.29) is 6.10 Å². The monoisotopic (exact) mass is 174 g/mol. The summed E-state index contributed by atoms with van der Waals surface area (Å²) in [5.74, 6) is -0.512. The van der Waals surface area contributed by atoms with Gasteiger partial charge in [-0.05, 0) is 26.2 Å². The molecule has 1 atom stereocenters. The van der Waals surface area contributed by atoms with Gasteiger partial charge in [-0.1, -0.05) is 13.8 Å². The minimum atomic E-state index is -0.864. The zero-order valence-electron chi connectivity index (χ0n) is 8.20. The lowest BCUT2D eigenvalue weighted by Gasteiger charge is -2.17. The van der Waals surface area contributed by atoms with Crippen LogP contribution < -0.4 is 0 Å². The SMILES string of the molecule is CC(C)CC(OC(C)C)C(=O)O. The number of rotatable bonds is 5. The number of hydrogen-bond acceptors (Lipinski definition) is 2. The highest BCUT2D eigenvalue weighted by atomic mass is 16.5. The Labute approximate surface area is 73.7 Å². The number of carboxylic acids is 1. The molecule has 3 nitrogen and oxygen atoms in total. The lowest BCUT2D eigenvalue weighted by Crippen LogP contribution is -2.28. The Bertz CT molecular complexity index is 131. The van der Waals surface area contributed by atoms with Crippen molar-refractivity contribution in [2.24, 2.45) is 5.92 Å². The third-order valence-electron chi connectivity index (χ3n) is 1.40. The van der Waals surface area contributed by atoms with Crippen molar-refractivity contribution in [3.05, 3.63) is 0 Å². The molecule has 0 aliphatic rings. The molecule has 0 saturated heterocycles. The molecule has 72 valence electrons. The van der Waals surface area contributed by atoms with Gasteiger partial charge in [-0.3, -0.25) is 0 Å². The van der Waals surface area contributed by atoms with Gasteiger partial charge in [0.1, 0.15) is 0 Å². The summed E-state index contributed by atoms with van der Waals surface area (Å²) >= 11 is 0. The summed E-state index contributed by atoms with van der Waals surface area (Å²) in [5, 5.41) is 8.75. The maximum absolute atomic E-state index is 10.6. The van der Waals surface area contributed by atoms with Crippen LogP contribution in [0.4, 0.5) is 0 Å². The van der Waals surface area contributed by atoms with Crippen LogP contribution in [0.15, 0.2) is 0 Å². The lowest BCUT2D eigenvalue weighted by atomic mass is 10.1. The molecule has 1 N–H and O–H groups in total. The van der Waals surface area contributed by atoms with Crippen molar-refractivity contribution in [2.45, 2.75) is 46.3 Å². The number of carboxylic acid groups (broad SMARTS) is 1. The molecule has 0 aliphatic heterocycles. The predicted molar refractivity (Wildman–Crippen MR) is 47.1 cm³/mol. The fraction of sp³-hybridized carbons (Fsp3) is 0.889. The Morgan fingerprint density at radius 2 is 1.83 bits per heavy atom. The van der Waals surface area contributed by atoms with Gasteiger partial charge in [0.05, 0.1) is 6.10 Å². The highest BCUT2D eigenvalue weighted by Crippen LogP contribution is 2.10. The Morgan fingerprint density at radius 1 is 1.33 bits per heavy atom. The van der Waals surface area contributed by atoms with Gasteiger partial charge in [0, 0.05) is 0 Å².